The number of aromatic nitrogens is 2. The van der Waals surface area contributed by atoms with Crippen LogP contribution in [0.5, 0.6) is 0 Å². The molecule has 0 saturated heterocycles. The van der Waals surface area contributed by atoms with Gasteiger partial charge >= 0.3 is 0 Å². The normalized spacial score (nSPS) is 10.6. The zero-order valence-corrected chi connectivity index (χ0v) is 13.9. The number of benzene rings is 2. The van der Waals surface area contributed by atoms with Crippen molar-refractivity contribution in [1.29, 1.82) is 0 Å². The first-order valence-electron chi connectivity index (χ1n) is 7.31. The average molecular weight is 359 g/mol. The van der Waals surface area contributed by atoms with Crippen molar-refractivity contribution >= 4 is 29.1 Å². The monoisotopic (exact) mass is 359 g/mol. The zero-order chi connectivity index (χ0) is 18.0. The van der Waals surface area contributed by atoms with Crippen molar-refractivity contribution < 1.29 is 13.2 Å². The number of thiocarbonyl (C=S) groups is 1. The summed E-state index contributed by atoms with van der Waals surface area (Å²) in [5.74, 6) is -1.64. The molecular formula is C18H12F3N3S. The van der Waals surface area contributed by atoms with Crippen LogP contribution in [-0.2, 0) is 0 Å². The van der Waals surface area contributed by atoms with Gasteiger partial charge in [-0.2, -0.15) is 0 Å². The number of para-hydroxylation sites is 1. The Kier molecular flexibility index (Phi) is 4.76. The van der Waals surface area contributed by atoms with Gasteiger partial charge < -0.3 is 5.32 Å². The van der Waals surface area contributed by atoms with Gasteiger partial charge in [-0.1, -0.05) is 30.4 Å². The maximum atomic E-state index is 14.2. The van der Waals surface area contributed by atoms with E-state index in [0.717, 1.165) is 12.1 Å². The molecule has 0 saturated carbocycles. The van der Waals surface area contributed by atoms with Crippen molar-refractivity contribution in [2.75, 3.05) is 5.32 Å². The number of hydrogen-bond donors (Lipinski definition) is 1. The summed E-state index contributed by atoms with van der Waals surface area (Å²) in [5, 5.41) is 3.86. The molecule has 1 heterocycles. The maximum Gasteiger partial charge on any atom is 0.149 e. The molecule has 0 unspecified atom stereocenters. The van der Waals surface area contributed by atoms with E-state index < -0.39 is 17.5 Å². The highest BCUT2D eigenvalue weighted by Crippen LogP contribution is 2.30. The summed E-state index contributed by atoms with van der Waals surface area (Å²) in [7, 11) is 0. The molecule has 1 aromatic heterocycles. The molecule has 0 spiro atoms. The second kappa shape index (κ2) is 6.98. The lowest BCUT2D eigenvalue weighted by atomic mass is 10.1. The highest BCUT2D eigenvalue weighted by molar-refractivity contribution is 7.79. The Morgan fingerprint density at radius 1 is 0.920 bits per heavy atom. The van der Waals surface area contributed by atoms with Crippen LogP contribution in [0.1, 0.15) is 11.4 Å². The first kappa shape index (κ1) is 17.0. The molecule has 7 heteroatoms. The van der Waals surface area contributed by atoms with Crippen LogP contribution < -0.4 is 5.32 Å². The second-order valence-electron chi connectivity index (χ2n) is 5.20. The quantitative estimate of drug-likeness (QED) is 0.668. The molecule has 0 aliphatic heterocycles. The zero-order valence-electron chi connectivity index (χ0n) is 13.1. The number of aryl methyl sites for hydroxylation is 1. The molecular weight excluding hydrogens is 347 g/mol. The fourth-order valence-corrected chi connectivity index (χ4v) is 2.61. The van der Waals surface area contributed by atoms with Gasteiger partial charge in [0.25, 0.3) is 0 Å². The van der Waals surface area contributed by atoms with Crippen molar-refractivity contribution in [1.82, 2.24) is 9.97 Å². The van der Waals surface area contributed by atoms with E-state index in [1.165, 1.54) is 17.5 Å². The highest BCUT2D eigenvalue weighted by Gasteiger charge is 2.18. The molecule has 0 aliphatic rings. The summed E-state index contributed by atoms with van der Waals surface area (Å²) in [6.07, 6.45) is 0. The van der Waals surface area contributed by atoms with Crippen molar-refractivity contribution in [3.63, 3.8) is 0 Å². The maximum absolute atomic E-state index is 14.2. The number of nitrogens with zero attached hydrogens (tertiary/aromatic N) is 2. The summed E-state index contributed by atoms with van der Waals surface area (Å²) >= 11 is 5.01. The van der Waals surface area contributed by atoms with Crippen molar-refractivity contribution in [3.8, 4) is 11.3 Å². The second-order valence-corrected chi connectivity index (χ2v) is 5.44. The van der Waals surface area contributed by atoms with Crippen LogP contribution in [-0.4, -0.2) is 15.3 Å². The van der Waals surface area contributed by atoms with E-state index in [-0.39, 0.29) is 28.3 Å². The summed E-state index contributed by atoms with van der Waals surface area (Å²) in [4.78, 5) is 8.41. The fourth-order valence-electron chi connectivity index (χ4n) is 2.38. The number of halogens is 3. The number of nitrogens with one attached hydrogen (secondary N) is 1. The third-order valence-corrected chi connectivity index (χ3v) is 3.75. The molecule has 3 aromatic rings. The largest absolute Gasteiger partial charge is 0.335 e. The Morgan fingerprint density at radius 3 is 2.20 bits per heavy atom. The van der Waals surface area contributed by atoms with Crippen LogP contribution in [0, 0.1) is 24.4 Å². The van der Waals surface area contributed by atoms with E-state index in [1.807, 2.05) is 0 Å². The highest BCUT2D eigenvalue weighted by atomic mass is 32.1. The van der Waals surface area contributed by atoms with Gasteiger partial charge in [0.2, 0.25) is 0 Å². The Balaban J connectivity index is 2.19. The summed E-state index contributed by atoms with van der Waals surface area (Å²) < 4.78 is 42.0. The van der Waals surface area contributed by atoms with Gasteiger partial charge in [-0.15, -0.1) is 0 Å². The summed E-state index contributed by atoms with van der Waals surface area (Å²) in [6.45, 7) is 1.60. The Hall–Kier alpha value is -2.80. The first-order valence-corrected chi connectivity index (χ1v) is 7.78. The Morgan fingerprint density at radius 2 is 1.56 bits per heavy atom. The molecule has 0 radical (unpaired) electrons. The average Bonchev–Trinajstić information content (AvgIpc) is 2.58. The van der Waals surface area contributed by atoms with Crippen LogP contribution in [0.3, 0.4) is 0 Å². The lowest BCUT2D eigenvalue weighted by Crippen LogP contribution is -2.07. The topological polar surface area (TPSA) is 37.8 Å². The van der Waals surface area contributed by atoms with Crippen LogP contribution >= 0.6 is 12.2 Å². The fraction of sp³-hybridized carbons (Fsp3) is 0.0556. The molecule has 0 bridgehead atoms. The minimum absolute atomic E-state index is 0.102. The van der Waals surface area contributed by atoms with E-state index in [0.29, 0.717) is 5.82 Å². The van der Waals surface area contributed by atoms with Crippen LogP contribution in [0.2, 0.25) is 0 Å². The molecule has 25 heavy (non-hydrogen) atoms. The first-order chi connectivity index (χ1) is 12.0. The van der Waals surface area contributed by atoms with Gasteiger partial charge in [-0.3, -0.25) is 0 Å². The summed E-state index contributed by atoms with van der Waals surface area (Å²) in [5.41, 5.74) is 0.382. The van der Waals surface area contributed by atoms with Crippen molar-refractivity contribution in [3.05, 3.63) is 71.3 Å². The molecule has 3 nitrogen and oxygen atoms in total. The third-order valence-electron chi connectivity index (χ3n) is 3.51. The Bertz CT molecular complexity index is 940. The van der Waals surface area contributed by atoms with Crippen LogP contribution in [0.4, 0.5) is 24.7 Å². The molecule has 2 aromatic carbocycles. The molecule has 0 amide bonds. The lowest BCUT2D eigenvalue weighted by molar-refractivity contribution is 0.590. The van der Waals surface area contributed by atoms with Gasteiger partial charge in [0.15, 0.2) is 0 Å². The SMILES string of the molecule is Cc1nc(Nc2c(F)cccc2F)c(C=S)c(-c2ccccc2F)n1. The predicted molar refractivity (Wildman–Crippen MR) is 94.6 cm³/mol. The van der Waals surface area contributed by atoms with Gasteiger partial charge in [0.1, 0.15) is 34.8 Å². The van der Waals surface area contributed by atoms with Crippen LogP contribution in [0.15, 0.2) is 42.5 Å². The van der Waals surface area contributed by atoms with E-state index in [2.05, 4.69) is 15.3 Å². The minimum atomic E-state index is -0.779. The molecule has 0 atom stereocenters. The molecule has 0 aliphatic carbocycles. The van der Waals surface area contributed by atoms with Crippen LogP contribution in [0.25, 0.3) is 11.3 Å². The van der Waals surface area contributed by atoms with E-state index in [4.69, 9.17) is 12.2 Å². The van der Waals surface area contributed by atoms with Gasteiger partial charge in [-0.25, -0.2) is 23.1 Å². The standard InChI is InChI=1S/C18H12F3N3S/c1-10-22-16(11-5-2-3-6-13(11)19)12(9-25)18(23-10)24-17-14(20)7-4-8-15(17)21/h2-9H,1H3,(H,22,23,24). The predicted octanol–water partition coefficient (Wildman–Crippen LogP) is 4.96. The third kappa shape index (κ3) is 3.36. The molecule has 1 N–H and O–H groups in total. The smallest absolute Gasteiger partial charge is 0.149 e. The lowest BCUT2D eigenvalue weighted by Gasteiger charge is -2.14. The van der Waals surface area contributed by atoms with E-state index in [1.54, 1.807) is 25.1 Å². The molecule has 3 rings (SSSR count). The van der Waals surface area contributed by atoms with E-state index >= 15 is 0 Å². The van der Waals surface area contributed by atoms with Gasteiger partial charge in [0.05, 0.1) is 11.3 Å². The van der Waals surface area contributed by atoms with Gasteiger partial charge in [0, 0.05) is 10.9 Å². The van der Waals surface area contributed by atoms with Gasteiger partial charge in [-0.05, 0) is 31.2 Å². The van der Waals surface area contributed by atoms with Crippen molar-refractivity contribution in [2.45, 2.75) is 6.92 Å². The number of anilines is 2. The molecule has 0 fully saturated rings. The molecule has 126 valence electrons. The number of rotatable bonds is 4. The van der Waals surface area contributed by atoms with Crippen molar-refractivity contribution in [2.24, 2.45) is 0 Å². The minimum Gasteiger partial charge on any atom is -0.335 e. The summed E-state index contributed by atoms with van der Waals surface area (Å²) in [6, 6.07) is 9.55. The van der Waals surface area contributed by atoms with E-state index in [9.17, 15) is 13.2 Å². The Labute approximate surface area is 147 Å². The number of hydrogen-bond acceptors (Lipinski definition) is 4.